The molecule has 5 rings (SSSR count). The lowest BCUT2D eigenvalue weighted by molar-refractivity contribution is -0.183. The molecular weight excluding hydrogens is 440 g/mol. The van der Waals surface area contributed by atoms with Gasteiger partial charge in [-0.2, -0.15) is 0 Å². The molecule has 2 aromatic rings. The number of ether oxygens (including phenoxy) is 2. The zero-order valence-corrected chi connectivity index (χ0v) is 18.5. The van der Waals surface area contributed by atoms with E-state index in [4.69, 9.17) is 14.6 Å². The fraction of sp³-hybridized carbons (Fsp3) is 0.400. The van der Waals surface area contributed by atoms with Gasteiger partial charge in [0.25, 0.3) is 0 Å². The van der Waals surface area contributed by atoms with Gasteiger partial charge in [0, 0.05) is 12.5 Å². The van der Waals surface area contributed by atoms with Gasteiger partial charge in [-0.15, -0.1) is 0 Å². The lowest BCUT2D eigenvalue weighted by atomic mass is 9.92. The summed E-state index contributed by atoms with van der Waals surface area (Å²) in [5.74, 6) is -2.02. The molecule has 178 valence electrons. The number of aliphatic hydroxyl groups is 1. The Bertz CT molecular complexity index is 1080. The van der Waals surface area contributed by atoms with Crippen molar-refractivity contribution in [1.82, 2.24) is 10.2 Å². The van der Waals surface area contributed by atoms with Crippen molar-refractivity contribution in [3.8, 4) is 11.1 Å². The first-order valence-electron chi connectivity index (χ1n) is 11.3. The normalized spacial score (nSPS) is 22.4. The summed E-state index contributed by atoms with van der Waals surface area (Å²) in [6.45, 7) is 0.173. The van der Waals surface area contributed by atoms with E-state index < -0.39 is 23.6 Å². The Morgan fingerprint density at radius 1 is 1.06 bits per heavy atom. The second-order valence-corrected chi connectivity index (χ2v) is 9.13. The van der Waals surface area contributed by atoms with Crippen molar-refractivity contribution in [2.75, 3.05) is 32.8 Å². The van der Waals surface area contributed by atoms with Gasteiger partial charge in [-0.25, -0.2) is 9.59 Å². The van der Waals surface area contributed by atoms with Crippen molar-refractivity contribution in [2.45, 2.75) is 24.0 Å². The molecule has 2 saturated heterocycles. The molecule has 0 spiro atoms. The maximum atomic E-state index is 12.5. The van der Waals surface area contributed by atoms with Crippen molar-refractivity contribution in [1.29, 1.82) is 0 Å². The van der Waals surface area contributed by atoms with Crippen LogP contribution in [0.25, 0.3) is 11.1 Å². The number of nitrogens with one attached hydrogen (secondary N) is 1. The Balaban J connectivity index is 1.09. The summed E-state index contributed by atoms with van der Waals surface area (Å²) in [7, 11) is 0. The molecule has 9 nitrogen and oxygen atoms in total. The zero-order chi connectivity index (χ0) is 23.9. The number of benzene rings is 2. The van der Waals surface area contributed by atoms with Crippen molar-refractivity contribution in [3.63, 3.8) is 0 Å². The minimum atomic E-state index is -1.86. The van der Waals surface area contributed by atoms with E-state index in [0.717, 1.165) is 22.3 Å². The molecule has 2 atom stereocenters. The van der Waals surface area contributed by atoms with E-state index in [9.17, 15) is 19.5 Å². The fourth-order valence-corrected chi connectivity index (χ4v) is 5.00. The van der Waals surface area contributed by atoms with Crippen molar-refractivity contribution < 1.29 is 34.1 Å². The van der Waals surface area contributed by atoms with Crippen LogP contribution in [0.15, 0.2) is 48.5 Å². The summed E-state index contributed by atoms with van der Waals surface area (Å²) in [5, 5.41) is 21.5. The highest BCUT2D eigenvalue weighted by Crippen LogP contribution is 2.44. The SMILES string of the molecule is O=C(NC[C@@H]1C[C@H](C(=O)N2CC(O)(C(=O)O)C2)CO1)OCC1c2ccccc2-c2ccccc21. The number of carboxylic acids is 1. The Hall–Kier alpha value is -3.43. The van der Waals surface area contributed by atoms with Gasteiger partial charge in [-0.3, -0.25) is 4.79 Å². The molecule has 2 amide bonds. The molecular formula is C25H26N2O7. The minimum absolute atomic E-state index is 0.0242. The van der Waals surface area contributed by atoms with Crippen LogP contribution >= 0.6 is 0 Å². The first-order chi connectivity index (χ1) is 16.4. The molecule has 2 aromatic carbocycles. The van der Waals surface area contributed by atoms with Gasteiger partial charge in [-0.05, 0) is 28.7 Å². The predicted octanol–water partition coefficient (Wildman–Crippen LogP) is 1.59. The highest BCUT2D eigenvalue weighted by molar-refractivity contribution is 5.86. The third-order valence-corrected chi connectivity index (χ3v) is 6.86. The van der Waals surface area contributed by atoms with Crippen LogP contribution in [0.4, 0.5) is 4.79 Å². The van der Waals surface area contributed by atoms with Gasteiger partial charge >= 0.3 is 12.1 Å². The molecule has 2 heterocycles. The molecule has 34 heavy (non-hydrogen) atoms. The first-order valence-corrected chi connectivity index (χ1v) is 11.3. The van der Waals surface area contributed by atoms with Crippen LogP contribution in [0.2, 0.25) is 0 Å². The molecule has 0 aromatic heterocycles. The van der Waals surface area contributed by atoms with Crippen LogP contribution < -0.4 is 5.32 Å². The molecule has 3 N–H and O–H groups in total. The van der Waals surface area contributed by atoms with E-state index in [0.29, 0.717) is 6.42 Å². The molecule has 0 bridgehead atoms. The van der Waals surface area contributed by atoms with Crippen LogP contribution in [0.1, 0.15) is 23.5 Å². The number of hydrogen-bond acceptors (Lipinski definition) is 6. The van der Waals surface area contributed by atoms with Gasteiger partial charge in [0.1, 0.15) is 6.61 Å². The summed E-state index contributed by atoms with van der Waals surface area (Å²) >= 11 is 0. The van der Waals surface area contributed by atoms with Gasteiger partial charge < -0.3 is 29.9 Å². The Morgan fingerprint density at radius 2 is 1.68 bits per heavy atom. The smallest absolute Gasteiger partial charge is 0.407 e. The van der Waals surface area contributed by atoms with E-state index in [-0.39, 0.29) is 50.8 Å². The Morgan fingerprint density at radius 3 is 2.29 bits per heavy atom. The van der Waals surface area contributed by atoms with E-state index >= 15 is 0 Å². The summed E-state index contributed by atoms with van der Waals surface area (Å²) in [5.41, 5.74) is 2.73. The number of β-amino-alcohol motifs (C(OH)–C–C–N with tert-alkyl or cyclic N) is 1. The number of fused-ring (bicyclic) bond motifs is 3. The maximum Gasteiger partial charge on any atom is 0.407 e. The molecule has 0 unspecified atom stereocenters. The Kier molecular flexibility index (Phi) is 5.75. The van der Waals surface area contributed by atoms with Gasteiger partial charge in [0.15, 0.2) is 5.60 Å². The van der Waals surface area contributed by atoms with E-state index in [1.54, 1.807) is 0 Å². The fourth-order valence-electron chi connectivity index (χ4n) is 5.00. The van der Waals surface area contributed by atoms with Gasteiger partial charge in [0.2, 0.25) is 5.91 Å². The second-order valence-electron chi connectivity index (χ2n) is 9.13. The van der Waals surface area contributed by atoms with Crippen LogP contribution in [0.3, 0.4) is 0 Å². The number of aliphatic carboxylic acids is 1. The predicted molar refractivity (Wildman–Crippen MR) is 120 cm³/mol. The highest BCUT2D eigenvalue weighted by Gasteiger charge is 2.51. The molecule has 1 aliphatic carbocycles. The minimum Gasteiger partial charge on any atom is -0.479 e. The number of carboxylic acid groups (broad SMARTS) is 1. The second kappa shape index (κ2) is 8.73. The standard InChI is InChI=1S/C25H26N2O7/c28-22(27-13-25(32,14-27)23(29)30)15-9-16(33-11-15)10-26-24(31)34-12-21-19-7-3-1-5-17(19)18-6-2-4-8-20(18)21/h1-8,15-16,21,32H,9-14H2,(H,26,31)(H,29,30)/t15-,16-/m0/s1. The number of carbonyl (C=O) groups is 3. The van der Waals surface area contributed by atoms with Gasteiger partial charge in [0.05, 0.1) is 31.7 Å². The first kappa shape index (κ1) is 22.4. The van der Waals surface area contributed by atoms with Gasteiger partial charge in [-0.1, -0.05) is 48.5 Å². The average Bonchev–Trinajstić information content (AvgIpc) is 3.42. The van der Waals surface area contributed by atoms with Crippen molar-refractivity contribution >= 4 is 18.0 Å². The molecule has 9 heteroatoms. The van der Waals surface area contributed by atoms with E-state index in [1.165, 1.54) is 4.90 Å². The number of likely N-dealkylation sites (tertiary alicyclic amines) is 1. The molecule has 0 radical (unpaired) electrons. The summed E-state index contributed by atoms with van der Waals surface area (Å²) in [4.78, 5) is 37.2. The number of nitrogens with zero attached hydrogens (tertiary/aromatic N) is 1. The molecule has 2 fully saturated rings. The zero-order valence-electron chi connectivity index (χ0n) is 18.5. The molecule has 2 aliphatic heterocycles. The van der Waals surface area contributed by atoms with E-state index in [2.05, 4.69) is 29.6 Å². The topological polar surface area (TPSA) is 125 Å². The third-order valence-electron chi connectivity index (χ3n) is 6.86. The third kappa shape index (κ3) is 4.01. The summed E-state index contributed by atoms with van der Waals surface area (Å²) < 4.78 is 11.1. The highest BCUT2D eigenvalue weighted by atomic mass is 16.5. The number of amides is 2. The van der Waals surface area contributed by atoms with Crippen molar-refractivity contribution in [2.24, 2.45) is 5.92 Å². The lowest BCUT2D eigenvalue weighted by Crippen LogP contribution is -2.68. The van der Waals surface area contributed by atoms with E-state index in [1.807, 2.05) is 24.3 Å². The summed E-state index contributed by atoms with van der Waals surface area (Å²) in [6, 6.07) is 16.2. The largest absolute Gasteiger partial charge is 0.479 e. The quantitative estimate of drug-likeness (QED) is 0.590. The molecule has 0 saturated carbocycles. The van der Waals surface area contributed by atoms with Crippen molar-refractivity contribution in [3.05, 3.63) is 59.7 Å². The number of carbonyl (C=O) groups excluding carboxylic acids is 2. The number of rotatable bonds is 6. The monoisotopic (exact) mass is 466 g/mol. The lowest BCUT2D eigenvalue weighted by Gasteiger charge is -2.44. The van der Waals surface area contributed by atoms with Crippen LogP contribution in [0.5, 0.6) is 0 Å². The molecule has 3 aliphatic rings. The van der Waals surface area contributed by atoms with Crippen LogP contribution in [-0.2, 0) is 19.1 Å². The summed E-state index contributed by atoms with van der Waals surface area (Å²) in [6.07, 6.45) is -0.478. The maximum absolute atomic E-state index is 12.5. The van der Waals surface area contributed by atoms with Crippen LogP contribution in [-0.4, -0.2) is 77.6 Å². The number of alkyl carbamates (subject to hydrolysis) is 1. The van der Waals surface area contributed by atoms with Crippen LogP contribution in [0, 0.1) is 5.92 Å². The average molecular weight is 466 g/mol. The number of hydrogen-bond donors (Lipinski definition) is 3. The Labute approximate surface area is 196 Å².